The number of fused-ring (bicyclic) bond motifs is 8. The highest BCUT2D eigenvalue weighted by molar-refractivity contribution is 6.97. The first-order valence-electron chi connectivity index (χ1n) is 19.5. The molecular formula is C49H52BNO2. The van der Waals surface area contributed by atoms with Crippen molar-refractivity contribution in [1.29, 1.82) is 0 Å². The SMILES string of the molecule is Cc1ccc2c(c1)N(c1cccc3oc4c(C(C)(C)C)cccc4c13)c1c(oc3ccc(C(C)(C)C)cc13)B2c1ccc2c(c1)C(C)(C)CCC2(C)C. The minimum atomic E-state index is -0.0683. The summed E-state index contributed by atoms with van der Waals surface area (Å²) in [6, 6.07) is 34.3. The van der Waals surface area contributed by atoms with Crippen LogP contribution in [-0.2, 0) is 21.7 Å². The third-order valence-corrected chi connectivity index (χ3v) is 12.5. The van der Waals surface area contributed by atoms with Crippen molar-refractivity contribution in [3.8, 4) is 0 Å². The zero-order chi connectivity index (χ0) is 37.4. The van der Waals surface area contributed by atoms with Gasteiger partial charge in [-0.2, -0.15) is 0 Å². The van der Waals surface area contributed by atoms with Crippen molar-refractivity contribution in [3.05, 3.63) is 119 Å². The second-order valence-corrected chi connectivity index (χ2v) is 19.4. The first-order chi connectivity index (χ1) is 24.9. The average molecular weight is 698 g/mol. The molecule has 0 radical (unpaired) electrons. The van der Waals surface area contributed by atoms with Crippen LogP contribution in [0.25, 0.3) is 32.9 Å². The molecule has 7 aromatic rings. The molecule has 0 saturated carbocycles. The van der Waals surface area contributed by atoms with Crippen LogP contribution in [-0.4, -0.2) is 6.71 Å². The van der Waals surface area contributed by atoms with Crippen LogP contribution in [0.4, 0.5) is 17.1 Å². The summed E-state index contributed by atoms with van der Waals surface area (Å²) >= 11 is 0. The van der Waals surface area contributed by atoms with Gasteiger partial charge in [0.15, 0.2) is 0 Å². The van der Waals surface area contributed by atoms with Gasteiger partial charge in [0.05, 0.1) is 22.4 Å². The van der Waals surface area contributed by atoms with Crippen LogP contribution in [0.1, 0.15) is 110 Å². The van der Waals surface area contributed by atoms with Gasteiger partial charge in [0.2, 0.25) is 0 Å². The molecule has 2 aliphatic rings. The van der Waals surface area contributed by atoms with Crippen molar-refractivity contribution >= 4 is 73.3 Å². The van der Waals surface area contributed by atoms with Crippen molar-refractivity contribution in [2.75, 3.05) is 4.90 Å². The molecule has 0 fully saturated rings. The Balaban J connectivity index is 1.38. The Hall–Kier alpha value is -4.70. The molecular weight excluding hydrogens is 645 g/mol. The van der Waals surface area contributed by atoms with Gasteiger partial charge in [0.25, 0.3) is 6.71 Å². The maximum Gasteiger partial charge on any atom is 0.292 e. The lowest BCUT2D eigenvalue weighted by Gasteiger charge is -2.42. The van der Waals surface area contributed by atoms with Crippen molar-refractivity contribution in [2.45, 2.75) is 111 Å². The molecule has 2 aromatic heterocycles. The number of nitrogens with zero attached hydrogens (tertiary/aromatic N) is 1. The van der Waals surface area contributed by atoms with E-state index in [1.54, 1.807) is 0 Å². The number of aryl methyl sites for hydroxylation is 1. The van der Waals surface area contributed by atoms with Gasteiger partial charge in [-0.3, -0.25) is 0 Å². The third-order valence-electron chi connectivity index (χ3n) is 12.5. The van der Waals surface area contributed by atoms with Crippen LogP contribution in [0.2, 0.25) is 0 Å². The van der Waals surface area contributed by atoms with Gasteiger partial charge in [-0.25, -0.2) is 0 Å². The summed E-state index contributed by atoms with van der Waals surface area (Å²) in [6.45, 7) is 25.5. The molecule has 9 rings (SSSR count). The van der Waals surface area contributed by atoms with Gasteiger partial charge in [-0.05, 0) is 99.5 Å². The lowest BCUT2D eigenvalue weighted by molar-refractivity contribution is 0.332. The van der Waals surface area contributed by atoms with Crippen molar-refractivity contribution in [3.63, 3.8) is 0 Å². The lowest BCUT2D eigenvalue weighted by Crippen LogP contribution is -2.57. The van der Waals surface area contributed by atoms with Gasteiger partial charge in [0.1, 0.15) is 16.7 Å². The second kappa shape index (κ2) is 11.2. The Morgan fingerprint density at radius 1 is 0.642 bits per heavy atom. The number of benzene rings is 5. The predicted octanol–water partition coefficient (Wildman–Crippen LogP) is 11.9. The molecule has 0 bridgehead atoms. The zero-order valence-electron chi connectivity index (χ0n) is 33.4. The third kappa shape index (κ3) is 5.15. The van der Waals surface area contributed by atoms with Crippen molar-refractivity contribution in [2.24, 2.45) is 0 Å². The molecule has 1 aliphatic heterocycles. The number of furan rings is 2. The lowest BCUT2D eigenvalue weighted by atomic mass is 9.37. The molecule has 5 aromatic carbocycles. The Bertz CT molecular complexity index is 2620. The summed E-state index contributed by atoms with van der Waals surface area (Å²) in [5.74, 6) is 0. The topological polar surface area (TPSA) is 29.5 Å². The number of para-hydroxylation sites is 1. The van der Waals surface area contributed by atoms with E-state index >= 15 is 0 Å². The van der Waals surface area contributed by atoms with Gasteiger partial charge >= 0.3 is 0 Å². The second-order valence-electron chi connectivity index (χ2n) is 19.4. The Kier molecular flexibility index (Phi) is 7.18. The number of anilines is 3. The maximum atomic E-state index is 7.18. The van der Waals surface area contributed by atoms with Crippen LogP contribution < -0.4 is 21.5 Å². The van der Waals surface area contributed by atoms with E-state index in [-0.39, 0.29) is 28.4 Å². The Morgan fingerprint density at radius 2 is 1.38 bits per heavy atom. The number of hydrogen-bond acceptors (Lipinski definition) is 3. The van der Waals surface area contributed by atoms with Gasteiger partial charge in [-0.1, -0.05) is 135 Å². The summed E-state index contributed by atoms with van der Waals surface area (Å²) in [7, 11) is 0. The normalized spacial score (nSPS) is 16.7. The average Bonchev–Trinajstić information content (AvgIpc) is 3.66. The predicted molar refractivity (Wildman–Crippen MR) is 227 cm³/mol. The standard InChI is InChI=1S/C49H52BNO2/c1-29-18-22-37-39(26-29)51(38-16-13-17-41-42(38)32-14-12-15-35(44(32)52-41)47(5,6)7)43-33-27-30(46(2,3)4)19-23-40(33)53-45(43)50(37)31-20-21-34-36(28-31)49(10,11)25-24-48(34,8)9/h12-23,26-28H,24-25H2,1-11H3. The van der Waals surface area contributed by atoms with Gasteiger partial charge in [0, 0.05) is 22.0 Å². The summed E-state index contributed by atoms with van der Waals surface area (Å²) in [4.78, 5) is 2.50. The zero-order valence-corrected chi connectivity index (χ0v) is 33.4. The van der Waals surface area contributed by atoms with Gasteiger partial charge < -0.3 is 13.7 Å². The molecule has 268 valence electrons. The van der Waals surface area contributed by atoms with Crippen LogP contribution in [0.3, 0.4) is 0 Å². The molecule has 0 atom stereocenters. The Morgan fingerprint density at radius 3 is 2.11 bits per heavy atom. The number of hydrogen-bond donors (Lipinski definition) is 0. The van der Waals surface area contributed by atoms with E-state index < -0.39 is 0 Å². The highest BCUT2D eigenvalue weighted by atomic mass is 16.3. The van der Waals surface area contributed by atoms with Crippen LogP contribution in [0.5, 0.6) is 0 Å². The summed E-state index contributed by atoms with van der Waals surface area (Å²) in [6.07, 6.45) is 2.37. The van der Waals surface area contributed by atoms with Crippen molar-refractivity contribution < 1.29 is 8.83 Å². The fraction of sp³-hybridized carbons (Fsp3) is 0.347. The van der Waals surface area contributed by atoms with E-state index in [1.807, 2.05) is 0 Å². The number of rotatable bonds is 2. The van der Waals surface area contributed by atoms with Gasteiger partial charge in [-0.15, -0.1) is 0 Å². The quantitative estimate of drug-likeness (QED) is 0.168. The van der Waals surface area contributed by atoms with E-state index in [4.69, 9.17) is 8.83 Å². The smallest absolute Gasteiger partial charge is 0.292 e. The molecule has 3 heterocycles. The molecule has 0 saturated heterocycles. The summed E-state index contributed by atoms with van der Waals surface area (Å²) in [5.41, 5.74) is 16.6. The summed E-state index contributed by atoms with van der Waals surface area (Å²) in [5, 5.41) is 3.41. The first-order valence-corrected chi connectivity index (χ1v) is 19.5. The fourth-order valence-corrected chi connectivity index (χ4v) is 9.32. The largest absolute Gasteiger partial charge is 0.468 e. The minimum Gasteiger partial charge on any atom is -0.468 e. The van der Waals surface area contributed by atoms with Crippen molar-refractivity contribution in [1.82, 2.24) is 0 Å². The van der Waals surface area contributed by atoms with Crippen LogP contribution in [0, 0.1) is 6.92 Å². The highest BCUT2D eigenvalue weighted by Gasteiger charge is 2.43. The molecule has 4 heteroatoms. The first kappa shape index (κ1) is 34.1. The monoisotopic (exact) mass is 697 g/mol. The fourth-order valence-electron chi connectivity index (χ4n) is 9.32. The van der Waals surface area contributed by atoms with E-state index in [1.165, 1.54) is 57.3 Å². The molecule has 1 aliphatic carbocycles. The van der Waals surface area contributed by atoms with E-state index in [0.717, 1.165) is 49.9 Å². The Labute approximate surface area is 315 Å². The van der Waals surface area contributed by atoms with E-state index in [9.17, 15) is 0 Å². The molecule has 3 nitrogen and oxygen atoms in total. The summed E-state index contributed by atoms with van der Waals surface area (Å²) < 4.78 is 14.0. The molecule has 0 spiro atoms. The molecule has 0 N–H and O–H groups in total. The van der Waals surface area contributed by atoms with E-state index in [2.05, 4.69) is 172 Å². The molecule has 0 amide bonds. The maximum absolute atomic E-state index is 7.18. The minimum absolute atomic E-state index is 0.0211. The highest BCUT2D eigenvalue weighted by Crippen LogP contribution is 2.49. The molecule has 53 heavy (non-hydrogen) atoms. The van der Waals surface area contributed by atoms with Crippen LogP contribution in [0.15, 0.2) is 99.8 Å². The molecule has 0 unspecified atom stereocenters. The van der Waals surface area contributed by atoms with Crippen LogP contribution >= 0.6 is 0 Å². The van der Waals surface area contributed by atoms with E-state index in [0.29, 0.717) is 0 Å².